The van der Waals surface area contributed by atoms with Crippen LogP contribution in [0.3, 0.4) is 0 Å². The zero-order valence-corrected chi connectivity index (χ0v) is 15.1. The van der Waals surface area contributed by atoms with Gasteiger partial charge in [-0.3, -0.25) is 4.79 Å². The van der Waals surface area contributed by atoms with Gasteiger partial charge in [-0.05, 0) is 49.5 Å². The number of fused-ring (bicyclic) bond motifs is 1. The van der Waals surface area contributed by atoms with E-state index in [0.717, 1.165) is 56.4 Å². The second kappa shape index (κ2) is 7.24. The molecule has 5 heteroatoms. The summed E-state index contributed by atoms with van der Waals surface area (Å²) in [6, 6.07) is 10.8. The highest BCUT2D eigenvalue weighted by Crippen LogP contribution is 2.44. The number of hydrogen-bond acceptors (Lipinski definition) is 4. The Morgan fingerprint density at radius 3 is 2.88 bits per heavy atom. The van der Waals surface area contributed by atoms with Gasteiger partial charge in [-0.2, -0.15) is 0 Å². The molecule has 1 amide bonds. The second-order valence-corrected chi connectivity index (χ2v) is 8.22. The summed E-state index contributed by atoms with van der Waals surface area (Å²) < 4.78 is 0. The van der Waals surface area contributed by atoms with Crippen molar-refractivity contribution in [3.05, 3.63) is 46.9 Å². The Morgan fingerprint density at radius 1 is 1.24 bits per heavy atom. The maximum atomic E-state index is 13.2. The molecular formula is C20H24N2O2S. The first-order chi connectivity index (χ1) is 12.3. The summed E-state index contributed by atoms with van der Waals surface area (Å²) in [5, 5.41) is 14.9. The first kappa shape index (κ1) is 16.7. The third-order valence-electron chi connectivity index (χ3n) is 5.71. The number of nitrogens with zero attached hydrogens (tertiary/aromatic N) is 2. The molecule has 1 N–H and O–H groups in total. The van der Waals surface area contributed by atoms with Crippen LogP contribution in [0.4, 0.5) is 0 Å². The van der Waals surface area contributed by atoms with E-state index in [-0.39, 0.29) is 17.1 Å². The molecule has 2 fully saturated rings. The highest BCUT2D eigenvalue weighted by molar-refractivity contribution is 8.03. The van der Waals surface area contributed by atoms with E-state index in [9.17, 15) is 10.0 Å². The minimum Gasteiger partial charge on any atom is -0.411 e. The molecule has 4 rings (SSSR count). The summed E-state index contributed by atoms with van der Waals surface area (Å²) in [6.45, 7) is 0.858. The predicted octanol–water partition coefficient (Wildman–Crippen LogP) is 3.85. The van der Waals surface area contributed by atoms with Crippen LogP contribution in [0.2, 0.25) is 0 Å². The highest BCUT2D eigenvalue weighted by atomic mass is 32.2. The van der Waals surface area contributed by atoms with Crippen molar-refractivity contribution >= 4 is 23.4 Å². The summed E-state index contributed by atoms with van der Waals surface area (Å²) in [6.07, 6.45) is 5.97. The first-order valence-corrected chi connectivity index (χ1v) is 10.1. The Hall–Kier alpha value is -1.75. The van der Waals surface area contributed by atoms with Crippen LogP contribution < -0.4 is 0 Å². The monoisotopic (exact) mass is 356 g/mol. The van der Waals surface area contributed by atoms with E-state index in [2.05, 4.69) is 34.3 Å². The molecule has 1 aromatic rings. The molecule has 132 valence electrons. The lowest BCUT2D eigenvalue weighted by atomic mass is 9.82. The highest BCUT2D eigenvalue weighted by Gasteiger charge is 2.42. The van der Waals surface area contributed by atoms with Gasteiger partial charge in [-0.15, -0.1) is 11.8 Å². The van der Waals surface area contributed by atoms with Crippen molar-refractivity contribution in [2.75, 3.05) is 6.54 Å². The van der Waals surface area contributed by atoms with Gasteiger partial charge < -0.3 is 10.1 Å². The van der Waals surface area contributed by atoms with Crippen LogP contribution in [0.15, 0.2) is 46.5 Å². The molecule has 0 radical (unpaired) electrons. The number of benzene rings is 1. The molecule has 1 saturated carbocycles. The number of amides is 1. The molecule has 2 heterocycles. The molecule has 3 unspecified atom stereocenters. The van der Waals surface area contributed by atoms with Crippen LogP contribution in [0.5, 0.6) is 0 Å². The molecule has 25 heavy (non-hydrogen) atoms. The second-order valence-electron chi connectivity index (χ2n) is 7.20. The number of carbonyl (C=O) groups is 1. The fourth-order valence-electron chi connectivity index (χ4n) is 4.44. The molecule has 1 saturated heterocycles. The zero-order valence-electron chi connectivity index (χ0n) is 14.3. The van der Waals surface area contributed by atoms with Crippen LogP contribution >= 0.6 is 11.8 Å². The predicted molar refractivity (Wildman–Crippen MR) is 101 cm³/mol. The van der Waals surface area contributed by atoms with Gasteiger partial charge >= 0.3 is 0 Å². The first-order valence-electron chi connectivity index (χ1n) is 9.19. The minimum absolute atomic E-state index is 0.160. The zero-order chi connectivity index (χ0) is 17.2. The van der Waals surface area contributed by atoms with Gasteiger partial charge in [0.25, 0.3) is 5.91 Å². The van der Waals surface area contributed by atoms with Crippen molar-refractivity contribution in [3.8, 4) is 0 Å². The topological polar surface area (TPSA) is 52.9 Å². The van der Waals surface area contributed by atoms with E-state index >= 15 is 0 Å². The van der Waals surface area contributed by atoms with Gasteiger partial charge in [0.1, 0.15) is 0 Å². The minimum atomic E-state index is 0.160. The van der Waals surface area contributed by atoms with Crippen LogP contribution in [0.1, 0.15) is 37.7 Å². The van der Waals surface area contributed by atoms with Crippen LogP contribution in [-0.2, 0) is 11.2 Å². The van der Waals surface area contributed by atoms with Crippen LogP contribution in [0, 0.1) is 5.92 Å². The molecule has 1 aliphatic carbocycles. The lowest BCUT2D eigenvalue weighted by molar-refractivity contribution is -0.128. The Kier molecular flexibility index (Phi) is 4.84. The Morgan fingerprint density at radius 2 is 2.08 bits per heavy atom. The molecule has 1 aromatic carbocycles. The summed E-state index contributed by atoms with van der Waals surface area (Å²) in [5.74, 6) is 0.424. The van der Waals surface area contributed by atoms with Crippen LogP contribution in [0.25, 0.3) is 0 Å². The standard InChI is InChI=1S/C20H24N2O2S/c23-20(17-13-25-19-16(17)9-4-10-18(19)21-24)22-11-5-8-15(22)12-14-6-2-1-3-7-14/h1-3,6-7,13,15-16,19,24H,4-5,8-12H2/b21-18-. The van der Waals surface area contributed by atoms with Crippen molar-refractivity contribution < 1.29 is 10.0 Å². The van der Waals surface area contributed by atoms with Gasteiger partial charge in [-0.25, -0.2) is 0 Å². The van der Waals surface area contributed by atoms with Gasteiger partial charge in [-0.1, -0.05) is 35.5 Å². The molecule has 0 spiro atoms. The van der Waals surface area contributed by atoms with E-state index in [0.29, 0.717) is 6.04 Å². The van der Waals surface area contributed by atoms with E-state index in [1.165, 1.54) is 5.56 Å². The number of hydrogen-bond donors (Lipinski definition) is 1. The maximum absolute atomic E-state index is 13.2. The number of thioether (sulfide) groups is 1. The molecule has 3 aliphatic rings. The van der Waals surface area contributed by atoms with Crippen molar-refractivity contribution in [1.29, 1.82) is 0 Å². The number of rotatable bonds is 3. The van der Waals surface area contributed by atoms with Gasteiger partial charge in [0.15, 0.2) is 0 Å². The van der Waals surface area contributed by atoms with E-state index in [1.54, 1.807) is 11.8 Å². The maximum Gasteiger partial charge on any atom is 0.250 e. The summed E-state index contributed by atoms with van der Waals surface area (Å²) >= 11 is 1.66. The van der Waals surface area contributed by atoms with Crippen LogP contribution in [-0.4, -0.2) is 39.6 Å². The van der Waals surface area contributed by atoms with Gasteiger partial charge in [0.05, 0.1) is 11.0 Å². The smallest absolute Gasteiger partial charge is 0.250 e. The Bertz CT molecular complexity index is 701. The molecular weight excluding hydrogens is 332 g/mol. The lowest BCUT2D eigenvalue weighted by Crippen LogP contribution is -2.40. The SMILES string of the molecule is O=C(C1=CSC2/C(=N\O)CCCC12)N1CCCC1Cc1ccccc1. The van der Waals surface area contributed by atoms with E-state index < -0.39 is 0 Å². The molecule has 2 aliphatic heterocycles. The molecule has 4 nitrogen and oxygen atoms in total. The van der Waals surface area contributed by atoms with Gasteiger partial charge in [0, 0.05) is 24.1 Å². The van der Waals surface area contributed by atoms with E-state index in [1.807, 2.05) is 11.5 Å². The van der Waals surface area contributed by atoms with E-state index in [4.69, 9.17) is 0 Å². The third-order valence-corrected chi connectivity index (χ3v) is 6.99. The lowest BCUT2D eigenvalue weighted by Gasteiger charge is -2.31. The number of likely N-dealkylation sites (tertiary alicyclic amines) is 1. The van der Waals surface area contributed by atoms with Crippen molar-refractivity contribution in [1.82, 2.24) is 4.90 Å². The Labute approximate surface area is 153 Å². The molecule has 3 atom stereocenters. The normalized spacial score (nSPS) is 30.4. The quantitative estimate of drug-likeness (QED) is 0.661. The van der Waals surface area contributed by atoms with Gasteiger partial charge in [0.2, 0.25) is 0 Å². The summed E-state index contributed by atoms with van der Waals surface area (Å²) in [5.41, 5.74) is 3.09. The largest absolute Gasteiger partial charge is 0.411 e. The van der Waals surface area contributed by atoms with Crippen molar-refractivity contribution in [2.45, 2.75) is 49.8 Å². The van der Waals surface area contributed by atoms with Crippen molar-refractivity contribution in [3.63, 3.8) is 0 Å². The molecule has 0 bridgehead atoms. The average molecular weight is 356 g/mol. The fourth-order valence-corrected chi connectivity index (χ4v) is 5.80. The summed E-state index contributed by atoms with van der Waals surface area (Å²) in [4.78, 5) is 15.3. The van der Waals surface area contributed by atoms with Crippen molar-refractivity contribution in [2.24, 2.45) is 11.1 Å². The fraction of sp³-hybridized carbons (Fsp3) is 0.500. The molecule has 0 aromatic heterocycles. The third kappa shape index (κ3) is 3.22. The number of oxime groups is 1. The summed E-state index contributed by atoms with van der Waals surface area (Å²) in [7, 11) is 0. The average Bonchev–Trinajstić information content (AvgIpc) is 3.28. The Balaban J connectivity index is 1.48. The number of carbonyl (C=O) groups excluding carboxylic acids is 1.